The maximum absolute atomic E-state index is 13.3. The van der Waals surface area contributed by atoms with Gasteiger partial charge in [-0.05, 0) is 30.0 Å². The molecule has 5 atom stereocenters. The second kappa shape index (κ2) is 15.2. The third kappa shape index (κ3) is 10.0. The van der Waals surface area contributed by atoms with E-state index in [0.29, 0.717) is 17.7 Å². The highest BCUT2D eigenvalue weighted by Gasteiger charge is 2.32. The summed E-state index contributed by atoms with van der Waals surface area (Å²) in [4.78, 5) is 69.3. The van der Waals surface area contributed by atoms with Crippen molar-refractivity contribution in [2.45, 2.75) is 70.1 Å². The lowest BCUT2D eigenvalue weighted by atomic mass is 9.98. The Kier molecular flexibility index (Phi) is 12.1. The summed E-state index contributed by atoms with van der Waals surface area (Å²) in [5.41, 5.74) is 12.4. The van der Waals surface area contributed by atoms with Crippen LogP contribution >= 0.6 is 0 Å². The van der Waals surface area contributed by atoms with Gasteiger partial charge in [0.2, 0.25) is 23.6 Å². The number of aromatic nitrogens is 2. The average Bonchev–Trinajstić information content (AvgIpc) is 3.42. The number of aromatic hydroxyl groups is 1. The van der Waals surface area contributed by atoms with Crippen molar-refractivity contribution >= 4 is 29.6 Å². The zero-order valence-electron chi connectivity index (χ0n) is 22.4. The SMILES string of the molecule is CCC(C)C(NC(=O)C(Cc1ccc(O)cc1)NC(=O)C(CCC(N)=O)NC(=O)C(N)Cc1cnc[nH]1)C(=O)O. The van der Waals surface area contributed by atoms with Gasteiger partial charge in [0.05, 0.1) is 12.4 Å². The van der Waals surface area contributed by atoms with Crippen LogP contribution in [0.15, 0.2) is 36.8 Å². The van der Waals surface area contributed by atoms with E-state index in [2.05, 4.69) is 25.9 Å². The molecule has 0 bridgehead atoms. The minimum Gasteiger partial charge on any atom is -0.508 e. The lowest BCUT2D eigenvalue weighted by Gasteiger charge is -2.26. The molecule has 1 aromatic carbocycles. The fourth-order valence-corrected chi connectivity index (χ4v) is 3.85. The number of nitrogens with two attached hydrogens (primary N) is 2. The van der Waals surface area contributed by atoms with E-state index in [0.717, 1.165) is 0 Å². The third-order valence-corrected chi connectivity index (χ3v) is 6.43. The number of aliphatic carboxylic acids is 1. The van der Waals surface area contributed by atoms with Crippen LogP contribution in [0.5, 0.6) is 5.75 Å². The van der Waals surface area contributed by atoms with Gasteiger partial charge in [-0.15, -0.1) is 0 Å². The molecule has 0 aliphatic rings. The van der Waals surface area contributed by atoms with Crippen LogP contribution in [0.2, 0.25) is 0 Å². The number of carbonyl (C=O) groups is 5. The molecule has 0 saturated carbocycles. The molecule has 10 N–H and O–H groups in total. The maximum Gasteiger partial charge on any atom is 0.326 e. The van der Waals surface area contributed by atoms with Crippen LogP contribution in [-0.4, -0.2) is 73.9 Å². The molecule has 4 amide bonds. The molecule has 0 radical (unpaired) electrons. The van der Waals surface area contributed by atoms with Gasteiger partial charge in [-0.25, -0.2) is 9.78 Å². The predicted molar refractivity (Wildman–Crippen MR) is 143 cm³/mol. The number of carbonyl (C=O) groups excluding carboxylic acids is 4. The van der Waals surface area contributed by atoms with Crippen LogP contribution in [0.4, 0.5) is 0 Å². The minimum atomic E-state index is -1.27. The molecule has 5 unspecified atom stereocenters. The van der Waals surface area contributed by atoms with Crippen LogP contribution in [0.1, 0.15) is 44.4 Å². The van der Waals surface area contributed by atoms with Crippen LogP contribution < -0.4 is 27.4 Å². The second-order valence-corrected chi connectivity index (χ2v) is 9.60. The first-order valence-electron chi connectivity index (χ1n) is 12.8. The Bertz CT molecular complexity index is 1150. The highest BCUT2D eigenvalue weighted by Crippen LogP contribution is 2.13. The fourth-order valence-electron chi connectivity index (χ4n) is 3.85. The number of carboxylic acid groups (broad SMARTS) is 1. The van der Waals surface area contributed by atoms with Crippen molar-refractivity contribution in [3.8, 4) is 5.75 Å². The number of imidazole rings is 1. The molecular formula is C26H37N7O7. The monoisotopic (exact) mass is 559 g/mol. The molecule has 40 heavy (non-hydrogen) atoms. The number of nitrogens with zero attached hydrogens (tertiary/aromatic N) is 1. The molecule has 1 aromatic heterocycles. The Balaban J connectivity index is 2.25. The van der Waals surface area contributed by atoms with E-state index in [-0.39, 0.29) is 31.4 Å². The highest BCUT2D eigenvalue weighted by atomic mass is 16.4. The topological polar surface area (TPSA) is 243 Å². The van der Waals surface area contributed by atoms with Crippen LogP contribution in [0.25, 0.3) is 0 Å². The summed E-state index contributed by atoms with van der Waals surface area (Å²) in [7, 11) is 0. The number of primary amides is 1. The number of phenols is 1. The summed E-state index contributed by atoms with van der Waals surface area (Å²) in [6, 6.07) is 1.12. The third-order valence-electron chi connectivity index (χ3n) is 6.43. The van der Waals surface area contributed by atoms with E-state index in [1.807, 2.05) is 0 Å². The van der Waals surface area contributed by atoms with E-state index in [9.17, 15) is 34.2 Å². The molecule has 0 fully saturated rings. The number of rotatable bonds is 16. The number of nitrogens with one attached hydrogen (secondary N) is 4. The van der Waals surface area contributed by atoms with Gasteiger partial charge in [-0.1, -0.05) is 32.4 Å². The van der Waals surface area contributed by atoms with Crippen molar-refractivity contribution in [3.05, 3.63) is 48.0 Å². The summed E-state index contributed by atoms with van der Waals surface area (Å²) in [6.45, 7) is 3.46. The van der Waals surface area contributed by atoms with Crippen molar-refractivity contribution in [2.24, 2.45) is 17.4 Å². The Morgan fingerprint density at radius 2 is 1.60 bits per heavy atom. The fraction of sp³-hybridized carbons (Fsp3) is 0.462. The molecule has 0 saturated heterocycles. The summed E-state index contributed by atoms with van der Waals surface area (Å²) in [5, 5.41) is 26.8. The zero-order valence-corrected chi connectivity index (χ0v) is 22.4. The van der Waals surface area contributed by atoms with Crippen molar-refractivity contribution in [2.75, 3.05) is 0 Å². The Morgan fingerprint density at radius 3 is 2.15 bits per heavy atom. The molecule has 0 spiro atoms. The first-order valence-corrected chi connectivity index (χ1v) is 12.8. The van der Waals surface area contributed by atoms with E-state index in [4.69, 9.17) is 11.5 Å². The smallest absolute Gasteiger partial charge is 0.326 e. The first-order chi connectivity index (χ1) is 18.9. The van der Waals surface area contributed by atoms with E-state index in [1.165, 1.54) is 24.7 Å². The number of benzene rings is 1. The average molecular weight is 560 g/mol. The van der Waals surface area contributed by atoms with E-state index >= 15 is 0 Å². The summed E-state index contributed by atoms with van der Waals surface area (Å²) < 4.78 is 0. The van der Waals surface area contributed by atoms with Crippen molar-refractivity contribution in [1.29, 1.82) is 0 Å². The predicted octanol–water partition coefficient (Wildman–Crippen LogP) is -0.922. The van der Waals surface area contributed by atoms with Gasteiger partial charge in [-0.2, -0.15) is 0 Å². The number of hydrogen-bond donors (Lipinski definition) is 8. The van der Waals surface area contributed by atoms with Gasteiger partial charge in [-0.3, -0.25) is 19.2 Å². The second-order valence-electron chi connectivity index (χ2n) is 9.60. The number of aromatic amines is 1. The van der Waals surface area contributed by atoms with Gasteiger partial charge in [0.15, 0.2) is 0 Å². The number of hydrogen-bond acceptors (Lipinski definition) is 8. The number of H-pyrrole nitrogens is 1. The lowest BCUT2D eigenvalue weighted by Crippen LogP contribution is -2.58. The summed E-state index contributed by atoms with van der Waals surface area (Å²) in [6.07, 6.45) is 3.06. The highest BCUT2D eigenvalue weighted by molar-refractivity contribution is 5.94. The maximum atomic E-state index is 13.3. The van der Waals surface area contributed by atoms with Gasteiger partial charge < -0.3 is 42.6 Å². The van der Waals surface area contributed by atoms with Crippen LogP contribution in [0.3, 0.4) is 0 Å². The van der Waals surface area contributed by atoms with E-state index < -0.39 is 59.7 Å². The number of phenolic OH excluding ortho intramolecular Hbond substituents is 1. The lowest BCUT2D eigenvalue weighted by molar-refractivity contribution is -0.143. The molecular weight excluding hydrogens is 522 g/mol. The van der Waals surface area contributed by atoms with Crippen LogP contribution in [0, 0.1) is 5.92 Å². The summed E-state index contributed by atoms with van der Waals surface area (Å²) in [5.74, 6) is -4.56. The molecule has 1 heterocycles. The largest absolute Gasteiger partial charge is 0.508 e. The quantitative estimate of drug-likeness (QED) is 0.127. The minimum absolute atomic E-state index is 0.00260. The van der Waals surface area contributed by atoms with Crippen molar-refractivity contribution in [1.82, 2.24) is 25.9 Å². The number of amides is 4. The van der Waals surface area contributed by atoms with Gasteiger partial charge in [0.25, 0.3) is 0 Å². The zero-order chi connectivity index (χ0) is 29.8. The normalized spacial score (nSPS) is 14.7. The van der Waals surface area contributed by atoms with Crippen LogP contribution in [-0.2, 0) is 36.8 Å². The Labute approximate surface area is 231 Å². The Morgan fingerprint density at radius 1 is 0.975 bits per heavy atom. The molecule has 218 valence electrons. The first kappa shape index (κ1) is 31.8. The summed E-state index contributed by atoms with van der Waals surface area (Å²) >= 11 is 0. The van der Waals surface area contributed by atoms with Gasteiger partial charge in [0.1, 0.15) is 23.9 Å². The van der Waals surface area contributed by atoms with Gasteiger partial charge in [0, 0.05) is 31.2 Å². The molecule has 2 aromatic rings. The van der Waals surface area contributed by atoms with Gasteiger partial charge >= 0.3 is 5.97 Å². The molecule has 0 aliphatic carbocycles. The van der Waals surface area contributed by atoms with Crippen molar-refractivity contribution in [3.63, 3.8) is 0 Å². The molecule has 14 nitrogen and oxygen atoms in total. The van der Waals surface area contributed by atoms with Crippen molar-refractivity contribution < 1.29 is 34.2 Å². The molecule has 0 aliphatic heterocycles. The molecule has 14 heteroatoms. The number of carboxylic acids is 1. The Hall–Kier alpha value is -4.46. The standard InChI is InChI=1S/C26H37N7O7/c1-3-14(2)22(26(39)40)33-25(38)20(10-15-4-6-17(34)7-5-15)32-24(37)19(8-9-21(28)35)31-23(36)18(27)11-16-12-29-13-30-16/h4-7,12-14,18-20,22,34H,3,8-11,27H2,1-2H3,(H2,28,35)(H,29,30)(H,31,36)(H,32,37)(H,33,38)(H,39,40). The van der Waals surface area contributed by atoms with E-state index in [1.54, 1.807) is 26.0 Å². The molecule has 2 rings (SSSR count).